The van der Waals surface area contributed by atoms with Crippen molar-refractivity contribution in [3.05, 3.63) is 11.3 Å². The molecule has 0 bridgehead atoms. The Balaban J connectivity index is 1.59. The minimum absolute atomic E-state index is 0.0116. The fraction of sp³-hybridized carbons (Fsp3) is 0.850. The van der Waals surface area contributed by atoms with Gasteiger partial charge in [0, 0.05) is 6.42 Å². The number of hydrogen-bond donors (Lipinski definition) is 2. The molecule has 4 fully saturated rings. The number of Topliss-reactive ketones (excluding diaryl/α,β-unsaturated/α-hetero) is 1. The van der Waals surface area contributed by atoms with Crippen LogP contribution >= 0.6 is 0 Å². The van der Waals surface area contributed by atoms with Crippen LogP contribution in [-0.2, 0) is 4.79 Å². The van der Waals surface area contributed by atoms with E-state index in [-0.39, 0.29) is 28.5 Å². The van der Waals surface area contributed by atoms with E-state index in [2.05, 4.69) is 13.8 Å². The van der Waals surface area contributed by atoms with Gasteiger partial charge >= 0.3 is 0 Å². The molecule has 126 valence electrons. The molecular weight excluding hydrogens is 288 g/mol. The topological polar surface area (TPSA) is 57.5 Å². The largest absolute Gasteiger partial charge is 0.504 e. The van der Waals surface area contributed by atoms with E-state index in [1.807, 2.05) is 0 Å². The highest BCUT2D eigenvalue weighted by Gasteiger charge is 2.77. The van der Waals surface area contributed by atoms with E-state index >= 15 is 0 Å². The number of allylic oxidation sites excluding steroid dienone is 1. The molecule has 0 aliphatic heterocycles. The highest BCUT2D eigenvalue weighted by atomic mass is 16.3. The lowest BCUT2D eigenvalue weighted by molar-refractivity contribution is -0.124. The lowest BCUT2D eigenvalue weighted by Gasteiger charge is -2.59. The standard InChI is InChI=1S/C20H28O3/c1-18-7-6-15(21)17(23)14(18)4-3-13-12(18)5-8-19(2)16(22)9-11-10-20(11,13)19/h11-13,16,22-23H,3-10H2,1-2H3/t11-,12?,13?,16+,18+,19+,20+/m0/s1. The molecule has 2 N–H and O–H groups in total. The third kappa shape index (κ3) is 1.41. The van der Waals surface area contributed by atoms with Gasteiger partial charge in [0.1, 0.15) is 0 Å². The van der Waals surface area contributed by atoms with Crippen LogP contribution in [0, 0.1) is 34.0 Å². The van der Waals surface area contributed by atoms with Crippen molar-refractivity contribution >= 4 is 5.78 Å². The van der Waals surface area contributed by atoms with Crippen molar-refractivity contribution in [3.63, 3.8) is 0 Å². The molecule has 3 nitrogen and oxygen atoms in total. The number of fused-ring (bicyclic) bond motifs is 3. The van der Waals surface area contributed by atoms with Crippen molar-refractivity contribution in [2.24, 2.45) is 34.0 Å². The molecule has 0 radical (unpaired) electrons. The van der Waals surface area contributed by atoms with Crippen LogP contribution in [0.15, 0.2) is 11.3 Å². The molecule has 4 saturated carbocycles. The number of carbonyl (C=O) groups excluding carboxylic acids is 1. The predicted octanol–water partition coefficient (Wildman–Crippen LogP) is 3.76. The van der Waals surface area contributed by atoms with Crippen LogP contribution in [0.2, 0.25) is 0 Å². The Hall–Kier alpha value is -0.830. The van der Waals surface area contributed by atoms with E-state index in [0.717, 1.165) is 50.0 Å². The van der Waals surface area contributed by atoms with Gasteiger partial charge in [0.05, 0.1) is 6.10 Å². The van der Waals surface area contributed by atoms with Crippen LogP contribution in [-0.4, -0.2) is 22.1 Å². The van der Waals surface area contributed by atoms with Crippen molar-refractivity contribution < 1.29 is 15.0 Å². The number of ketones is 1. The summed E-state index contributed by atoms with van der Waals surface area (Å²) in [6.45, 7) is 4.65. The molecule has 23 heavy (non-hydrogen) atoms. The Kier molecular flexibility index (Phi) is 2.55. The van der Waals surface area contributed by atoms with Gasteiger partial charge in [-0.1, -0.05) is 13.8 Å². The average Bonchev–Trinajstić information content (AvgIpc) is 3.17. The first-order valence-corrected chi connectivity index (χ1v) is 9.48. The summed E-state index contributed by atoms with van der Waals surface area (Å²) in [7, 11) is 0. The van der Waals surface area contributed by atoms with Crippen LogP contribution in [0.4, 0.5) is 0 Å². The zero-order chi connectivity index (χ0) is 16.2. The van der Waals surface area contributed by atoms with Crippen LogP contribution in [0.25, 0.3) is 0 Å². The number of aliphatic hydroxyl groups excluding tert-OH is 2. The molecule has 5 aliphatic carbocycles. The van der Waals surface area contributed by atoms with Crippen LogP contribution in [0.3, 0.4) is 0 Å². The van der Waals surface area contributed by atoms with Gasteiger partial charge in [-0.05, 0) is 84.5 Å². The third-order valence-electron chi connectivity index (χ3n) is 9.22. The SMILES string of the molecule is C[C@]12CCC(=O)C(O)=C1CCC1C2CC[C@]2(C)[C@H](O)C[C@H]3C[C@]132. The summed E-state index contributed by atoms with van der Waals surface area (Å²) in [6, 6.07) is 0. The van der Waals surface area contributed by atoms with E-state index in [1.165, 1.54) is 6.42 Å². The van der Waals surface area contributed by atoms with Crippen LogP contribution in [0.5, 0.6) is 0 Å². The molecule has 0 amide bonds. The highest BCUT2D eigenvalue weighted by molar-refractivity contribution is 5.95. The molecule has 0 aromatic heterocycles. The fourth-order valence-electron chi connectivity index (χ4n) is 7.89. The maximum atomic E-state index is 12.0. The first kappa shape index (κ1) is 14.5. The lowest BCUT2D eigenvalue weighted by Crippen LogP contribution is -2.54. The Morgan fingerprint density at radius 2 is 1.87 bits per heavy atom. The molecule has 1 spiro atoms. The van der Waals surface area contributed by atoms with E-state index in [1.54, 1.807) is 0 Å². The van der Waals surface area contributed by atoms with E-state index in [0.29, 0.717) is 23.7 Å². The Morgan fingerprint density at radius 3 is 2.65 bits per heavy atom. The zero-order valence-electron chi connectivity index (χ0n) is 14.3. The summed E-state index contributed by atoms with van der Waals surface area (Å²) in [5.74, 6) is 2.04. The van der Waals surface area contributed by atoms with E-state index < -0.39 is 0 Å². The smallest absolute Gasteiger partial charge is 0.197 e. The summed E-state index contributed by atoms with van der Waals surface area (Å²) in [6.07, 6.45) is 7.86. The second-order valence-corrected chi connectivity index (χ2v) is 9.57. The van der Waals surface area contributed by atoms with E-state index in [4.69, 9.17) is 0 Å². The van der Waals surface area contributed by atoms with Gasteiger partial charge in [0.2, 0.25) is 0 Å². The first-order chi connectivity index (χ1) is 10.8. The Labute approximate surface area is 138 Å². The summed E-state index contributed by atoms with van der Waals surface area (Å²) < 4.78 is 0. The quantitative estimate of drug-likeness (QED) is 0.715. The zero-order valence-corrected chi connectivity index (χ0v) is 14.3. The van der Waals surface area contributed by atoms with Gasteiger partial charge in [-0.2, -0.15) is 0 Å². The number of aliphatic hydroxyl groups is 2. The second-order valence-electron chi connectivity index (χ2n) is 9.57. The van der Waals surface area contributed by atoms with Crippen LogP contribution in [0.1, 0.15) is 65.2 Å². The third-order valence-corrected chi connectivity index (χ3v) is 9.22. The average molecular weight is 316 g/mol. The fourth-order valence-corrected chi connectivity index (χ4v) is 7.89. The molecule has 0 heterocycles. The predicted molar refractivity (Wildman–Crippen MR) is 86.7 cm³/mol. The van der Waals surface area contributed by atoms with Crippen molar-refractivity contribution in [2.75, 3.05) is 0 Å². The highest BCUT2D eigenvalue weighted by Crippen LogP contribution is 2.82. The number of carbonyl (C=O) groups is 1. The summed E-state index contributed by atoms with van der Waals surface area (Å²) >= 11 is 0. The molecule has 2 unspecified atom stereocenters. The number of rotatable bonds is 0. The molecule has 5 rings (SSSR count). The minimum atomic E-state index is -0.117. The van der Waals surface area contributed by atoms with Crippen molar-refractivity contribution in [2.45, 2.75) is 71.3 Å². The molecule has 0 aromatic rings. The van der Waals surface area contributed by atoms with Gasteiger partial charge in [0.25, 0.3) is 0 Å². The molecule has 7 atom stereocenters. The van der Waals surface area contributed by atoms with Crippen molar-refractivity contribution in [3.8, 4) is 0 Å². The molecule has 3 heteroatoms. The van der Waals surface area contributed by atoms with Crippen molar-refractivity contribution in [1.82, 2.24) is 0 Å². The van der Waals surface area contributed by atoms with Gasteiger partial charge < -0.3 is 10.2 Å². The van der Waals surface area contributed by atoms with Gasteiger partial charge in [-0.15, -0.1) is 0 Å². The normalized spacial score (nSPS) is 57.4. The van der Waals surface area contributed by atoms with E-state index in [9.17, 15) is 15.0 Å². The number of hydrogen-bond acceptors (Lipinski definition) is 3. The minimum Gasteiger partial charge on any atom is -0.504 e. The van der Waals surface area contributed by atoms with Gasteiger partial charge in [-0.3, -0.25) is 4.79 Å². The Bertz CT molecular complexity index is 637. The molecule has 0 saturated heterocycles. The summed E-state index contributed by atoms with van der Waals surface area (Å²) in [5.41, 5.74) is 1.55. The van der Waals surface area contributed by atoms with Gasteiger partial charge in [-0.25, -0.2) is 0 Å². The summed E-state index contributed by atoms with van der Waals surface area (Å²) in [4.78, 5) is 12.0. The van der Waals surface area contributed by atoms with Crippen molar-refractivity contribution in [1.29, 1.82) is 0 Å². The maximum absolute atomic E-state index is 12.0. The maximum Gasteiger partial charge on any atom is 0.197 e. The second kappa shape index (κ2) is 4.04. The molecule has 0 aromatic carbocycles. The lowest BCUT2D eigenvalue weighted by atomic mass is 9.45. The first-order valence-electron chi connectivity index (χ1n) is 9.48. The van der Waals surface area contributed by atoms with Gasteiger partial charge in [0.15, 0.2) is 11.5 Å². The van der Waals surface area contributed by atoms with Crippen LogP contribution < -0.4 is 0 Å². The summed E-state index contributed by atoms with van der Waals surface area (Å²) in [5, 5.41) is 21.0. The molecule has 5 aliphatic rings. The Morgan fingerprint density at radius 1 is 1.09 bits per heavy atom. The molecular formula is C20H28O3. The monoisotopic (exact) mass is 316 g/mol.